The van der Waals surface area contributed by atoms with Crippen LogP contribution in [0.4, 0.5) is 0 Å². The number of quaternary nitrogens is 1. The zero-order valence-electron chi connectivity index (χ0n) is 14.3. The molecule has 1 heterocycles. The van der Waals surface area contributed by atoms with Crippen LogP contribution in [0, 0.1) is 5.92 Å². The van der Waals surface area contributed by atoms with E-state index in [4.69, 9.17) is 14.2 Å². The van der Waals surface area contributed by atoms with Gasteiger partial charge in [-0.05, 0) is 18.9 Å². The smallest absolute Gasteiger partial charge is 0.164 e. The maximum absolute atomic E-state index is 11.1. The van der Waals surface area contributed by atoms with Gasteiger partial charge in [0, 0.05) is 18.4 Å². The zero-order valence-corrected chi connectivity index (χ0v) is 14.3. The van der Waals surface area contributed by atoms with Crippen LogP contribution in [0.3, 0.4) is 0 Å². The SMILES string of the molecule is COc1cc(OC)c([C@@H]2[NH2+]CC[C@@]3(O)CCCC[C@@H]23)cc1OC. The minimum Gasteiger partial charge on any atom is -0.496 e. The number of fused-ring (bicyclic) bond motifs is 1. The summed E-state index contributed by atoms with van der Waals surface area (Å²) in [6.07, 6.45) is 5.17. The van der Waals surface area contributed by atoms with Crippen molar-refractivity contribution in [2.45, 2.75) is 43.7 Å². The van der Waals surface area contributed by atoms with Gasteiger partial charge in [0.25, 0.3) is 0 Å². The molecule has 0 bridgehead atoms. The van der Waals surface area contributed by atoms with E-state index < -0.39 is 5.60 Å². The van der Waals surface area contributed by atoms with Gasteiger partial charge < -0.3 is 24.6 Å². The monoisotopic (exact) mass is 322 g/mol. The predicted molar refractivity (Wildman–Crippen MR) is 87.2 cm³/mol. The number of piperidine rings is 1. The molecule has 128 valence electrons. The van der Waals surface area contributed by atoms with E-state index >= 15 is 0 Å². The highest BCUT2D eigenvalue weighted by Gasteiger charge is 2.49. The number of methoxy groups -OCH3 is 3. The van der Waals surface area contributed by atoms with Gasteiger partial charge in [0.05, 0.1) is 39.0 Å². The van der Waals surface area contributed by atoms with Gasteiger partial charge in [0.15, 0.2) is 11.5 Å². The van der Waals surface area contributed by atoms with E-state index in [2.05, 4.69) is 5.32 Å². The molecule has 3 rings (SSSR count). The number of aliphatic hydroxyl groups is 1. The Labute approximate surface area is 137 Å². The molecule has 1 aliphatic heterocycles. The van der Waals surface area contributed by atoms with E-state index in [1.807, 2.05) is 12.1 Å². The first-order valence-corrected chi connectivity index (χ1v) is 8.48. The minimum absolute atomic E-state index is 0.198. The largest absolute Gasteiger partial charge is 0.496 e. The molecular formula is C18H28NO4+. The minimum atomic E-state index is -0.532. The lowest BCUT2D eigenvalue weighted by molar-refractivity contribution is -0.719. The van der Waals surface area contributed by atoms with Crippen molar-refractivity contribution in [1.82, 2.24) is 0 Å². The number of nitrogens with two attached hydrogens (primary N) is 1. The van der Waals surface area contributed by atoms with Crippen molar-refractivity contribution in [2.75, 3.05) is 27.9 Å². The second-order valence-electron chi connectivity index (χ2n) is 6.71. The molecular weight excluding hydrogens is 294 g/mol. The van der Waals surface area contributed by atoms with Crippen LogP contribution < -0.4 is 19.5 Å². The van der Waals surface area contributed by atoms with Gasteiger partial charge >= 0.3 is 0 Å². The van der Waals surface area contributed by atoms with Crippen molar-refractivity contribution in [3.8, 4) is 17.2 Å². The number of rotatable bonds is 4. The number of hydrogen-bond donors (Lipinski definition) is 2. The molecule has 1 saturated heterocycles. The lowest BCUT2D eigenvalue weighted by atomic mass is 9.66. The summed E-state index contributed by atoms with van der Waals surface area (Å²) in [5.74, 6) is 2.44. The van der Waals surface area contributed by atoms with Crippen molar-refractivity contribution in [1.29, 1.82) is 0 Å². The first-order valence-electron chi connectivity index (χ1n) is 8.48. The van der Waals surface area contributed by atoms with Gasteiger partial charge in [-0.15, -0.1) is 0 Å². The molecule has 23 heavy (non-hydrogen) atoms. The Morgan fingerprint density at radius 2 is 1.70 bits per heavy atom. The van der Waals surface area contributed by atoms with Gasteiger partial charge in [-0.1, -0.05) is 12.8 Å². The lowest BCUT2D eigenvalue weighted by Crippen LogP contribution is -2.91. The topological polar surface area (TPSA) is 64.5 Å². The van der Waals surface area contributed by atoms with Crippen LogP contribution in [-0.2, 0) is 0 Å². The number of hydrogen-bond acceptors (Lipinski definition) is 4. The fourth-order valence-electron chi connectivity index (χ4n) is 4.41. The van der Waals surface area contributed by atoms with Gasteiger partial charge in [-0.25, -0.2) is 0 Å². The number of benzene rings is 1. The van der Waals surface area contributed by atoms with Crippen LogP contribution in [0.25, 0.3) is 0 Å². The summed E-state index contributed by atoms with van der Waals surface area (Å²) < 4.78 is 16.5. The second kappa shape index (κ2) is 6.57. The summed E-state index contributed by atoms with van der Waals surface area (Å²) in [7, 11) is 4.96. The van der Waals surface area contributed by atoms with E-state index in [1.165, 1.54) is 6.42 Å². The summed E-state index contributed by atoms with van der Waals surface area (Å²) in [6, 6.07) is 4.10. The molecule has 1 aliphatic carbocycles. The Morgan fingerprint density at radius 3 is 2.39 bits per heavy atom. The molecule has 3 N–H and O–H groups in total. The average Bonchev–Trinajstić information content (AvgIpc) is 2.59. The van der Waals surface area contributed by atoms with E-state index in [0.29, 0.717) is 11.5 Å². The standard InChI is InChI=1S/C18H27NO4/c1-21-14-11-16(23-3)15(22-2)10-12(14)17-13-6-4-5-7-18(13,20)8-9-19-17/h10-11,13,17,19-20H,4-9H2,1-3H3/p+1/t13-,17-,18-/m0/s1. The van der Waals surface area contributed by atoms with Crippen molar-refractivity contribution in [2.24, 2.45) is 5.92 Å². The van der Waals surface area contributed by atoms with Gasteiger partial charge in [0.1, 0.15) is 11.8 Å². The van der Waals surface area contributed by atoms with Gasteiger partial charge in [-0.3, -0.25) is 0 Å². The molecule has 0 unspecified atom stereocenters. The summed E-state index contributed by atoms with van der Waals surface area (Å²) in [5.41, 5.74) is 0.561. The molecule has 0 aromatic heterocycles. The average molecular weight is 322 g/mol. The van der Waals surface area contributed by atoms with Crippen LogP contribution in [0.5, 0.6) is 17.2 Å². The summed E-state index contributed by atoms with van der Waals surface area (Å²) in [6.45, 7) is 0.940. The molecule has 2 fully saturated rings. The van der Waals surface area contributed by atoms with Crippen LogP contribution in [0.2, 0.25) is 0 Å². The van der Waals surface area contributed by atoms with Crippen molar-refractivity contribution >= 4 is 0 Å². The van der Waals surface area contributed by atoms with Crippen molar-refractivity contribution in [3.05, 3.63) is 17.7 Å². The van der Waals surface area contributed by atoms with Crippen LogP contribution in [0.1, 0.15) is 43.7 Å². The van der Waals surface area contributed by atoms with Crippen LogP contribution in [-0.4, -0.2) is 38.6 Å². The third-order valence-electron chi connectivity index (χ3n) is 5.59. The third-order valence-corrected chi connectivity index (χ3v) is 5.59. The first kappa shape index (κ1) is 16.4. The molecule has 5 heteroatoms. The molecule has 3 atom stereocenters. The first-order chi connectivity index (χ1) is 11.1. The van der Waals surface area contributed by atoms with Gasteiger partial charge in [0.2, 0.25) is 0 Å². The molecule has 0 spiro atoms. The normalized spacial score (nSPS) is 30.4. The highest BCUT2D eigenvalue weighted by Crippen LogP contribution is 2.46. The van der Waals surface area contributed by atoms with Crippen molar-refractivity contribution in [3.63, 3.8) is 0 Å². The molecule has 0 radical (unpaired) electrons. The Bertz CT molecular complexity index is 558. The Hall–Kier alpha value is -1.46. The zero-order chi connectivity index (χ0) is 16.4. The molecule has 2 aliphatic rings. The fourth-order valence-corrected chi connectivity index (χ4v) is 4.41. The summed E-state index contributed by atoms with van der Waals surface area (Å²) in [4.78, 5) is 0. The van der Waals surface area contributed by atoms with Crippen molar-refractivity contribution < 1.29 is 24.6 Å². The molecule has 5 nitrogen and oxygen atoms in total. The Morgan fingerprint density at radius 1 is 1.00 bits per heavy atom. The molecule has 0 amide bonds. The molecule has 1 aromatic carbocycles. The summed E-state index contributed by atoms with van der Waals surface area (Å²) >= 11 is 0. The highest BCUT2D eigenvalue weighted by atomic mass is 16.5. The molecule has 1 aromatic rings. The highest BCUT2D eigenvalue weighted by molar-refractivity contribution is 5.51. The third kappa shape index (κ3) is 2.88. The second-order valence-corrected chi connectivity index (χ2v) is 6.71. The van der Waals surface area contributed by atoms with E-state index in [-0.39, 0.29) is 12.0 Å². The summed E-state index contributed by atoms with van der Waals surface area (Å²) in [5, 5.41) is 13.4. The lowest BCUT2D eigenvalue weighted by Gasteiger charge is -2.46. The fraction of sp³-hybridized carbons (Fsp3) is 0.667. The van der Waals surface area contributed by atoms with E-state index in [0.717, 1.165) is 43.5 Å². The van der Waals surface area contributed by atoms with Crippen LogP contribution in [0.15, 0.2) is 12.1 Å². The predicted octanol–water partition coefficient (Wildman–Crippen LogP) is 1.64. The van der Waals surface area contributed by atoms with Gasteiger partial charge in [-0.2, -0.15) is 0 Å². The number of ether oxygens (including phenoxy) is 3. The Balaban J connectivity index is 2.02. The quantitative estimate of drug-likeness (QED) is 0.884. The maximum atomic E-state index is 11.1. The van der Waals surface area contributed by atoms with Crippen LogP contribution >= 0.6 is 0 Å². The molecule has 1 saturated carbocycles. The van der Waals surface area contributed by atoms with E-state index in [9.17, 15) is 5.11 Å². The maximum Gasteiger partial charge on any atom is 0.164 e. The van der Waals surface area contributed by atoms with E-state index in [1.54, 1.807) is 21.3 Å². The Kier molecular flexibility index (Phi) is 4.69.